The average molecular weight is 518 g/mol. The van der Waals surface area contributed by atoms with Crippen LogP contribution >= 0.6 is 0 Å². The lowest BCUT2D eigenvalue weighted by Gasteiger charge is -2.30. The van der Waals surface area contributed by atoms with Crippen LogP contribution in [0.15, 0.2) is 18.2 Å². The molecule has 2 amide bonds. The van der Waals surface area contributed by atoms with Gasteiger partial charge in [-0.1, -0.05) is 24.0 Å². The zero-order chi connectivity index (χ0) is 26.7. The third-order valence-corrected chi connectivity index (χ3v) is 5.67. The van der Waals surface area contributed by atoms with Gasteiger partial charge in [-0.3, -0.25) is 24.6 Å². The van der Waals surface area contributed by atoms with Crippen LogP contribution in [0.5, 0.6) is 0 Å². The first-order chi connectivity index (χ1) is 18.1. The molecule has 0 bridgehead atoms. The average Bonchev–Trinajstić information content (AvgIpc) is 2.89. The van der Waals surface area contributed by atoms with Gasteiger partial charge in [0.1, 0.15) is 6.29 Å². The highest BCUT2D eigenvalue weighted by Gasteiger charge is 2.30. The van der Waals surface area contributed by atoms with Crippen molar-refractivity contribution < 1.29 is 33.3 Å². The van der Waals surface area contributed by atoms with E-state index in [1.807, 2.05) is 24.9 Å². The van der Waals surface area contributed by atoms with E-state index in [1.165, 1.54) is 0 Å². The van der Waals surface area contributed by atoms with Crippen molar-refractivity contribution in [2.24, 2.45) is 0 Å². The minimum atomic E-state index is -0.427. The number of hydrogen-bond acceptors (Lipinski definition) is 9. The molecule has 1 aliphatic heterocycles. The fourth-order valence-corrected chi connectivity index (χ4v) is 3.71. The van der Waals surface area contributed by atoms with Gasteiger partial charge in [0.05, 0.1) is 58.8 Å². The SMILES string of the molecule is CCOCCOCCOCCOCCNCC#Cc1cccc(C=O)c1CN(C)C1CCC(=O)NC1=O. The molecule has 0 saturated carbocycles. The molecule has 10 nitrogen and oxygen atoms in total. The standard InChI is InChI=1S/C27H39N3O7/c1-3-34-14-15-36-18-19-37-17-16-35-13-12-28-11-5-8-22-6-4-7-23(21-31)24(22)20-30(2)25-9-10-26(32)29-27(25)33/h4,6-7,21,25,28H,3,9-20H2,1-2H3,(H,29,32,33). The van der Waals surface area contributed by atoms with E-state index < -0.39 is 6.04 Å². The first-order valence-corrected chi connectivity index (χ1v) is 12.7. The van der Waals surface area contributed by atoms with E-state index in [1.54, 1.807) is 12.1 Å². The van der Waals surface area contributed by atoms with Gasteiger partial charge >= 0.3 is 0 Å². The zero-order valence-electron chi connectivity index (χ0n) is 21.9. The van der Waals surface area contributed by atoms with E-state index in [2.05, 4.69) is 22.5 Å². The number of rotatable bonds is 18. The summed E-state index contributed by atoms with van der Waals surface area (Å²) in [6.45, 7) is 7.93. The highest BCUT2D eigenvalue weighted by atomic mass is 16.6. The normalized spacial score (nSPS) is 15.4. The lowest BCUT2D eigenvalue weighted by molar-refractivity contribution is -0.137. The van der Waals surface area contributed by atoms with Gasteiger partial charge in [0, 0.05) is 37.2 Å². The molecule has 1 atom stereocenters. The number of benzene rings is 1. The monoisotopic (exact) mass is 517 g/mol. The van der Waals surface area contributed by atoms with Gasteiger partial charge in [0.15, 0.2) is 0 Å². The van der Waals surface area contributed by atoms with E-state index in [4.69, 9.17) is 18.9 Å². The molecule has 1 fully saturated rings. The van der Waals surface area contributed by atoms with Crippen molar-refractivity contribution in [2.75, 3.05) is 73.0 Å². The molecular weight excluding hydrogens is 478 g/mol. The molecule has 0 aromatic heterocycles. The summed E-state index contributed by atoms with van der Waals surface area (Å²) in [7, 11) is 1.81. The lowest BCUT2D eigenvalue weighted by Crippen LogP contribution is -2.51. The second-order valence-electron chi connectivity index (χ2n) is 8.39. The maximum absolute atomic E-state index is 12.2. The molecule has 1 aromatic carbocycles. The van der Waals surface area contributed by atoms with Crippen LogP contribution in [0.3, 0.4) is 0 Å². The molecule has 2 N–H and O–H groups in total. The summed E-state index contributed by atoms with van der Waals surface area (Å²) in [6.07, 6.45) is 1.55. The minimum absolute atomic E-state index is 0.254. The quantitative estimate of drug-likeness (QED) is 0.126. The van der Waals surface area contributed by atoms with Crippen LogP contribution in [0.2, 0.25) is 0 Å². The first-order valence-electron chi connectivity index (χ1n) is 12.7. The van der Waals surface area contributed by atoms with Crippen molar-refractivity contribution in [1.82, 2.24) is 15.5 Å². The smallest absolute Gasteiger partial charge is 0.243 e. The molecule has 1 aromatic rings. The first kappa shape index (κ1) is 30.6. The maximum Gasteiger partial charge on any atom is 0.243 e. The van der Waals surface area contributed by atoms with Crippen LogP contribution in [0.1, 0.15) is 41.3 Å². The highest BCUT2D eigenvalue weighted by Crippen LogP contribution is 2.19. The second-order valence-corrected chi connectivity index (χ2v) is 8.39. The molecular formula is C27H39N3O7. The van der Waals surface area contributed by atoms with E-state index in [9.17, 15) is 14.4 Å². The fraction of sp³-hybridized carbons (Fsp3) is 0.593. The predicted molar refractivity (Wildman–Crippen MR) is 138 cm³/mol. The highest BCUT2D eigenvalue weighted by molar-refractivity contribution is 6.00. The molecule has 1 unspecified atom stereocenters. The maximum atomic E-state index is 12.2. The molecule has 1 heterocycles. The Labute approximate surface area is 219 Å². The van der Waals surface area contributed by atoms with E-state index in [0.717, 1.165) is 17.4 Å². The lowest BCUT2D eigenvalue weighted by atomic mass is 9.99. The van der Waals surface area contributed by atoms with Crippen molar-refractivity contribution in [2.45, 2.75) is 32.4 Å². The minimum Gasteiger partial charge on any atom is -0.379 e. The van der Waals surface area contributed by atoms with Gasteiger partial charge < -0.3 is 24.3 Å². The predicted octanol–water partition coefficient (Wildman–Crippen LogP) is 0.764. The Bertz CT molecular complexity index is 913. The largest absolute Gasteiger partial charge is 0.379 e. The number of piperidine rings is 1. The Kier molecular flexibility index (Phi) is 15.3. The molecule has 2 rings (SSSR count). The topological polar surface area (TPSA) is 115 Å². The van der Waals surface area contributed by atoms with E-state index in [-0.39, 0.29) is 11.8 Å². The van der Waals surface area contributed by atoms with Crippen molar-refractivity contribution in [3.63, 3.8) is 0 Å². The Morgan fingerprint density at radius 2 is 1.73 bits per heavy atom. The van der Waals surface area contributed by atoms with Crippen molar-refractivity contribution in [3.05, 3.63) is 34.9 Å². The molecule has 1 aliphatic rings. The summed E-state index contributed by atoms with van der Waals surface area (Å²) < 4.78 is 21.5. The van der Waals surface area contributed by atoms with Gasteiger partial charge in [-0.2, -0.15) is 0 Å². The number of nitrogens with one attached hydrogen (secondary N) is 2. The summed E-state index contributed by atoms with van der Waals surface area (Å²) in [6, 6.07) is 4.96. The van der Waals surface area contributed by atoms with E-state index in [0.29, 0.717) is 90.9 Å². The summed E-state index contributed by atoms with van der Waals surface area (Å²) in [4.78, 5) is 37.1. The number of nitrogens with zero attached hydrogens (tertiary/aromatic N) is 1. The molecule has 0 spiro atoms. The number of aldehydes is 1. The second kappa shape index (κ2) is 18.6. The molecule has 0 aliphatic carbocycles. The van der Waals surface area contributed by atoms with E-state index >= 15 is 0 Å². The van der Waals surface area contributed by atoms with Crippen LogP contribution in [0.4, 0.5) is 0 Å². The third-order valence-electron chi connectivity index (χ3n) is 5.67. The van der Waals surface area contributed by atoms with Gasteiger partial charge in [0.2, 0.25) is 11.8 Å². The van der Waals surface area contributed by atoms with Gasteiger partial charge in [0.25, 0.3) is 0 Å². The van der Waals surface area contributed by atoms with Crippen LogP contribution in [0.25, 0.3) is 0 Å². The van der Waals surface area contributed by atoms with Crippen LogP contribution in [0, 0.1) is 11.8 Å². The summed E-state index contributed by atoms with van der Waals surface area (Å²) >= 11 is 0. The van der Waals surface area contributed by atoms with Crippen LogP contribution in [-0.4, -0.2) is 102 Å². The summed E-state index contributed by atoms with van der Waals surface area (Å²) in [5.74, 6) is 5.65. The van der Waals surface area contributed by atoms with Gasteiger partial charge in [-0.15, -0.1) is 0 Å². The van der Waals surface area contributed by atoms with Crippen molar-refractivity contribution >= 4 is 18.1 Å². The molecule has 204 valence electrons. The Balaban J connectivity index is 1.67. The van der Waals surface area contributed by atoms with Gasteiger partial charge in [-0.05, 0) is 32.0 Å². The molecule has 10 heteroatoms. The van der Waals surface area contributed by atoms with Gasteiger partial charge in [-0.25, -0.2) is 0 Å². The van der Waals surface area contributed by atoms with Crippen LogP contribution in [-0.2, 0) is 35.1 Å². The zero-order valence-corrected chi connectivity index (χ0v) is 21.9. The molecule has 1 saturated heterocycles. The Morgan fingerprint density at radius 1 is 1.05 bits per heavy atom. The number of likely N-dealkylation sites (N-methyl/N-ethyl adjacent to an activating group) is 1. The fourth-order valence-electron chi connectivity index (χ4n) is 3.71. The number of carbonyl (C=O) groups excluding carboxylic acids is 3. The van der Waals surface area contributed by atoms with Crippen LogP contribution < -0.4 is 10.6 Å². The Morgan fingerprint density at radius 3 is 2.38 bits per heavy atom. The molecule has 37 heavy (non-hydrogen) atoms. The number of ether oxygens (including phenoxy) is 4. The third kappa shape index (κ3) is 12.0. The summed E-state index contributed by atoms with van der Waals surface area (Å²) in [5.41, 5.74) is 2.03. The number of amides is 2. The number of carbonyl (C=O) groups is 3. The number of hydrogen-bond donors (Lipinski definition) is 2. The summed E-state index contributed by atoms with van der Waals surface area (Å²) in [5, 5.41) is 5.58. The number of imide groups is 1. The molecule has 0 radical (unpaired) electrons. The Hall–Kier alpha value is -2.65. The van der Waals surface area contributed by atoms with Crippen molar-refractivity contribution in [1.29, 1.82) is 0 Å². The van der Waals surface area contributed by atoms with Crippen molar-refractivity contribution in [3.8, 4) is 11.8 Å².